The molecule has 25 heavy (non-hydrogen) atoms. The lowest BCUT2D eigenvalue weighted by atomic mass is 9.99. The van der Waals surface area contributed by atoms with E-state index in [1.807, 2.05) is 23.9 Å². The number of carbonyl (C=O) groups is 1. The first-order chi connectivity index (χ1) is 11.8. The molecule has 0 spiro atoms. The zero-order chi connectivity index (χ0) is 18.4. The molecule has 1 aliphatic heterocycles. The highest BCUT2D eigenvalue weighted by Crippen LogP contribution is 2.22. The van der Waals surface area contributed by atoms with E-state index >= 15 is 0 Å². The average molecular weight is 368 g/mol. The lowest BCUT2D eigenvalue weighted by molar-refractivity contribution is 0.0608. The number of sulfonamides is 1. The van der Waals surface area contributed by atoms with Crippen LogP contribution in [0.2, 0.25) is 0 Å². The molecule has 0 aliphatic carbocycles. The van der Waals surface area contributed by atoms with E-state index in [0.29, 0.717) is 18.7 Å². The first-order valence-corrected chi connectivity index (χ1v) is 10.4. The van der Waals surface area contributed by atoms with Crippen LogP contribution in [0.5, 0.6) is 0 Å². The highest BCUT2D eigenvalue weighted by atomic mass is 32.2. The third-order valence-corrected chi connectivity index (χ3v) is 6.10. The molecule has 1 saturated heterocycles. The van der Waals surface area contributed by atoms with E-state index < -0.39 is 10.0 Å². The SMILES string of the molecule is CCC1CCCCN1C(=O)c1ccc(S(=O)(=O)NCCN(C)C)cc1. The summed E-state index contributed by atoms with van der Waals surface area (Å²) in [6, 6.07) is 6.54. The van der Waals surface area contributed by atoms with Crippen molar-refractivity contribution in [3.05, 3.63) is 29.8 Å². The van der Waals surface area contributed by atoms with Crippen LogP contribution in [0, 0.1) is 0 Å². The summed E-state index contributed by atoms with van der Waals surface area (Å²) in [5.41, 5.74) is 0.549. The van der Waals surface area contributed by atoms with Gasteiger partial charge in [0.05, 0.1) is 4.90 Å². The average Bonchev–Trinajstić information content (AvgIpc) is 2.60. The van der Waals surface area contributed by atoms with Gasteiger partial charge in [-0.3, -0.25) is 4.79 Å². The summed E-state index contributed by atoms with van der Waals surface area (Å²) >= 11 is 0. The fraction of sp³-hybridized carbons (Fsp3) is 0.611. The first kappa shape index (κ1) is 19.9. The highest BCUT2D eigenvalue weighted by molar-refractivity contribution is 7.89. The predicted molar refractivity (Wildman–Crippen MR) is 99.2 cm³/mol. The lowest BCUT2D eigenvalue weighted by Gasteiger charge is -2.35. The zero-order valence-electron chi connectivity index (χ0n) is 15.4. The third kappa shape index (κ3) is 5.26. The van der Waals surface area contributed by atoms with Gasteiger partial charge >= 0.3 is 0 Å². The molecular weight excluding hydrogens is 338 g/mol. The Morgan fingerprint density at radius 2 is 1.92 bits per heavy atom. The van der Waals surface area contributed by atoms with Gasteiger partial charge in [0.15, 0.2) is 0 Å². The maximum Gasteiger partial charge on any atom is 0.254 e. The summed E-state index contributed by atoms with van der Waals surface area (Å²) in [5, 5.41) is 0. The fourth-order valence-corrected chi connectivity index (χ4v) is 4.14. The van der Waals surface area contributed by atoms with Crippen molar-refractivity contribution in [3.8, 4) is 0 Å². The van der Waals surface area contributed by atoms with Crippen molar-refractivity contribution in [2.75, 3.05) is 33.7 Å². The quantitative estimate of drug-likeness (QED) is 0.799. The lowest BCUT2D eigenvalue weighted by Crippen LogP contribution is -2.43. The van der Waals surface area contributed by atoms with Crippen molar-refractivity contribution in [3.63, 3.8) is 0 Å². The molecule has 1 fully saturated rings. The summed E-state index contributed by atoms with van der Waals surface area (Å²) < 4.78 is 27.1. The molecule has 7 heteroatoms. The molecule has 1 aromatic carbocycles. The van der Waals surface area contributed by atoms with E-state index in [-0.39, 0.29) is 16.8 Å². The van der Waals surface area contributed by atoms with Gasteiger partial charge in [0.1, 0.15) is 0 Å². The van der Waals surface area contributed by atoms with Gasteiger partial charge in [-0.15, -0.1) is 0 Å². The molecule has 0 bridgehead atoms. The number of carbonyl (C=O) groups excluding carboxylic acids is 1. The van der Waals surface area contributed by atoms with Crippen molar-refractivity contribution in [1.82, 2.24) is 14.5 Å². The zero-order valence-corrected chi connectivity index (χ0v) is 16.2. The minimum absolute atomic E-state index is 0.00364. The van der Waals surface area contributed by atoms with Crippen LogP contribution in [0.1, 0.15) is 43.0 Å². The predicted octanol–water partition coefficient (Wildman–Crippen LogP) is 1.93. The molecule has 0 saturated carbocycles. The molecule has 6 nitrogen and oxygen atoms in total. The standard InChI is InChI=1S/C18H29N3O3S/c1-4-16-7-5-6-13-21(16)18(22)15-8-10-17(11-9-15)25(23,24)19-12-14-20(2)3/h8-11,16,19H,4-7,12-14H2,1-3H3. The summed E-state index contributed by atoms with van der Waals surface area (Å²) in [5.74, 6) is -0.00364. The van der Waals surface area contributed by atoms with Crippen LogP contribution < -0.4 is 4.72 Å². The van der Waals surface area contributed by atoms with Crippen LogP contribution in [-0.2, 0) is 10.0 Å². The Hall–Kier alpha value is -1.44. The molecule has 0 aromatic heterocycles. The molecule has 140 valence electrons. The molecule has 1 amide bonds. The summed E-state index contributed by atoms with van der Waals surface area (Å²) in [4.78, 5) is 16.8. The van der Waals surface area contributed by atoms with E-state index in [9.17, 15) is 13.2 Å². The van der Waals surface area contributed by atoms with Gasteiger partial charge in [-0.2, -0.15) is 0 Å². The van der Waals surface area contributed by atoms with Crippen LogP contribution in [0.15, 0.2) is 29.2 Å². The van der Waals surface area contributed by atoms with Crippen molar-refractivity contribution >= 4 is 15.9 Å². The second kappa shape index (κ2) is 8.78. The van der Waals surface area contributed by atoms with Crippen LogP contribution >= 0.6 is 0 Å². The van der Waals surface area contributed by atoms with E-state index in [2.05, 4.69) is 11.6 Å². The van der Waals surface area contributed by atoms with Crippen molar-refractivity contribution in [1.29, 1.82) is 0 Å². The molecule has 1 aliphatic rings. The number of hydrogen-bond acceptors (Lipinski definition) is 4. The first-order valence-electron chi connectivity index (χ1n) is 8.90. The van der Waals surface area contributed by atoms with Crippen LogP contribution in [0.4, 0.5) is 0 Å². The van der Waals surface area contributed by atoms with Crippen molar-refractivity contribution in [2.24, 2.45) is 0 Å². The number of hydrogen-bond donors (Lipinski definition) is 1. The van der Waals surface area contributed by atoms with E-state index in [4.69, 9.17) is 0 Å². The Morgan fingerprint density at radius 3 is 2.52 bits per heavy atom. The molecule has 1 atom stereocenters. The van der Waals surface area contributed by atoms with Gasteiger partial charge in [-0.25, -0.2) is 13.1 Å². The van der Waals surface area contributed by atoms with Crippen LogP contribution in [0.3, 0.4) is 0 Å². The summed E-state index contributed by atoms with van der Waals surface area (Å²) in [6.07, 6.45) is 4.20. The Morgan fingerprint density at radius 1 is 1.24 bits per heavy atom. The molecule has 1 N–H and O–H groups in total. The van der Waals surface area contributed by atoms with Gasteiger partial charge < -0.3 is 9.80 Å². The number of nitrogens with zero attached hydrogens (tertiary/aromatic N) is 2. The number of benzene rings is 1. The number of piperidine rings is 1. The van der Waals surface area contributed by atoms with Gasteiger partial charge in [-0.1, -0.05) is 6.92 Å². The molecule has 1 heterocycles. The minimum atomic E-state index is -3.54. The number of amides is 1. The molecular formula is C18H29N3O3S. The Kier molecular flexibility index (Phi) is 6.98. The Balaban J connectivity index is 2.07. The maximum atomic E-state index is 12.7. The normalized spacial score (nSPS) is 18.6. The van der Waals surface area contributed by atoms with Gasteiger partial charge in [-0.05, 0) is 64.0 Å². The summed E-state index contributed by atoms with van der Waals surface area (Å²) in [6.45, 7) is 3.86. The minimum Gasteiger partial charge on any atom is -0.336 e. The second-order valence-electron chi connectivity index (χ2n) is 6.78. The Labute approximate surface area is 151 Å². The number of likely N-dealkylation sites (tertiary alicyclic amines) is 1. The second-order valence-corrected chi connectivity index (χ2v) is 8.55. The molecule has 1 unspecified atom stereocenters. The van der Waals surface area contributed by atoms with Gasteiger partial charge in [0.25, 0.3) is 5.91 Å². The van der Waals surface area contributed by atoms with Crippen molar-refractivity contribution in [2.45, 2.75) is 43.5 Å². The van der Waals surface area contributed by atoms with Crippen LogP contribution in [-0.4, -0.2) is 63.9 Å². The largest absolute Gasteiger partial charge is 0.336 e. The maximum absolute atomic E-state index is 12.7. The number of likely N-dealkylation sites (N-methyl/N-ethyl adjacent to an activating group) is 1. The third-order valence-electron chi connectivity index (χ3n) is 4.62. The molecule has 2 rings (SSSR count). The van der Waals surface area contributed by atoms with E-state index in [1.54, 1.807) is 12.1 Å². The van der Waals surface area contributed by atoms with Crippen molar-refractivity contribution < 1.29 is 13.2 Å². The van der Waals surface area contributed by atoms with Gasteiger partial charge in [0.2, 0.25) is 10.0 Å². The molecule has 0 radical (unpaired) electrons. The van der Waals surface area contributed by atoms with Crippen LogP contribution in [0.25, 0.3) is 0 Å². The highest BCUT2D eigenvalue weighted by Gasteiger charge is 2.26. The van der Waals surface area contributed by atoms with E-state index in [1.165, 1.54) is 12.1 Å². The fourth-order valence-electron chi connectivity index (χ4n) is 3.12. The Bertz CT molecular complexity index is 671. The number of rotatable bonds is 7. The number of nitrogens with one attached hydrogen (secondary N) is 1. The van der Waals surface area contributed by atoms with E-state index in [0.717, 1.165) is 32.2 Å². The molecule has 1 aromatic rings. The monoisotopic (exact) mass is 367 g/mol. The summed E-state index contributed by atoms with van der Waals surface area (Å²) in [7, 11) is 0.235. The topological polar surface area (TPSA) is 69.7 Å². The van der Waals surface area contributed by atoms with Gasteiger partial charge in [0, 0.05) is 31.2 Å². The smallest absolute Gasteiger partial charge is 0.254 e.